The average Bonchev–Trinajstić information content (AvgIpc) is 3.46. The molecule has 3 heterocycles. The fraction of sp³-hybridized carbons (Fsp3) is 0.391. The first kappa shape index (κ1) is 23.8. The highest BCUT2D eigenvalue weighted by Gasteiger charge is 2.22. The van der Waals surface area contributed by atoms with Crippen molar-refractivity contribution in [2.75, 3.05) is 29.1 Å². The molecule has 3 aromatic rings. The number of thioether (sulfide) groups is 1. The standard InChI is InChI=1S/C23H28N6O4S/c1-15-12-28(13-16(2)33-15)18-7-5-17(6-8-18)25-21(31)14-34-23-27-26-22(19-4-3-11-32-19)29(23)10-9-20(24)30/h3-8,11,15-16H,9-10,12-14H2,1-2H3,(H2,24,30)(H,25,31). The second-order valence-electron chi connectivity index (χ2n) is 8.20. The summed E-state index contributed by atoms with van der Waals surface area (Å²) in [4.78, 5) is 26.1. The number of anilines is 2. The quantitative estimate of drug-likeness (QED) is 0.444. The first-order chi connectivity index (χ1) is 16.4. The van der Waals surface area contributed by atoms with E-state index >= 15 is 0 Å². The van der Waals surface area contributed by atoms with Crippen LogP contribution in [0, 0.1) is 0 Å². The summed E-state index contributed by atoms with van der Waals surface area (Å²) >= 11 is 1.23. The van der Waals surface area contributed by atoms with Crippen molar-refractivity contribution in [3.8, 4) is 11.6 Å². The molecule has 11 heteroatoms. The predicted molar refractivity (Wildman–Crippen MR) is 130 cm³/mol. The molecule has 1 aliphatic rings. The molecule has 4 rings (SSSR count). The Bertz CT molecular complexity index is 1110. The van der Waals surface area contributed by atoms with Crippen LogP contribution in [0.1, 0.15) is 20.3 Å². The number of nitrogens with two attached hydrogens (primary N) is 1. The van der Waals surface area contributed by atoms with Crippen molar-refractivity contribution in [1.29, 1.82) is 0 Å². The first-order valence-electron chi connectivity index (χ1n) is 11.1. The molecule has 0 spiro atoms. The van der Waals surface area contributed by atoms with E-state index in [2.05, 4.69) is 34.3 Å². The highest BCUT2D eigenvalue weighted by Crippen LogP contribution is 2.26. The Balaban J connectivity index is 1.36. The lowest BCUT2D eigenvalue weighted by molar-refractivity contribution is -0.118. The first-order valence-corrected chi connectivity index (χ1v) is 12.1. The summed E-state index contributed by atoms with van der Waals surface area (Å²) in [5.41, 5.74) is 7.13. The number of ether oxygens (including phenoxy) is 1. The molecule has 2 aromatic heterocycles. The van der Waals surface area contributed by atoms with Gasteiger partial charge in [0.2, 0.25) is 11.8 Å². The fourth-order valence-electron chi connectivity index (χ4n) is 3.88. The van der Waals surface area contributed by atoms with Crippen molar-refractivity contribution >= 4 is 35.0 Å². The number of furan rings is 1. The highest BCUT2D eigenvalue weighted by atomic mass is 32.2. The second-order valence-corrected chi connectivity index (χ2v) is 9.14. The third-order valence-corrected chi connectivity index (χ3v) is 6.28. The van der Waals surface area contributed by atoms with Gasteiger partial charge in [0.05, 0.1) is 24.2 Å². The summed E-state index contributed by atoms with van der Waals surface area (Å²) in [5, 5.41) is 11.8. The second kappa shape index (κ2) is 10.7. The van der Waals surface area contributed by atoms with Crippen LogP contribution in [-0.2, 0) is 20.9 Å². The lowest BCUT2D eigenvalue weighted by atomic mass is 10.2. The van der Waals surface area contributed by atoms with Gasteiger partial charge in [0.25, 0.3) is 0 Å². The van der Waals surface area contributed by atoms with Crippen LogP contribution in [0.4, 0.5) is 11.4 Å². The van der Waals surface area contributed by atoms with Crippen molar-refractivity contribution in [2.24, 2.45) is 5.73 Å². The third-order valence-electron chi connectivity index (χ3n) is 5.31. The van der Waals surface area contributed by atoms with Crippen LogP contribution in [0.15, 0.2) is 52.2 Å². The van der Waals surface area contributed by atoms with E-state index in [0.29, 0.717) is 23.3 Å². The van der Waals surface area contributed by atoms with Crippen LogP contribution in [0.2, 0.25) is 0 Å². The number of aromatic nitrogens is 3. The third kappa shape index (κ3) is 5.97. The van der Waals surface area contributed by atoms with Gasteiger partial charge in [0.15, 0.2) is 16.7 Å². The number of hydrogen-bond donors (Lipinski definition) is 2. The zero-order chi connectivity index (χ0) is 24.1. The van der Waals surface area contributed by atoms with Crippen molar-refractivity contribution in [3.05, 3.63) is 42.7 Å². The molecule has 0 saturated carbocycles. The number of hydrogen-bond acceptors (Lipinski definition) is 8. The van der Waals surface area contributed by atoms with Crippen molar-refractivity contribution in [1.82, 2.24) is 14.8 Å². The molecule has 34 heavy (non-hydrogen) atoms. The number of benzene rings is 1. The maximum Gasteiger partial charge on any atom is 0.234 e. The van der Waals surface area contributed by atoms with Crippen LogP contribution in [0.5, 0.6) is 0 Å². The summed E-state index contributed by atoms with van der Waals surface area (Å²) in [6.07, 6.45) is 2.02. The number of morpholine rings is 1. The molecule has 10 nitrogen and oxygen atoms in total. The molecule has 1 fully saturated rings. The van der Waals surface area contributed by atoms with Crippen LogP contribution in [-0.4, -0.2) is 57.6 Å². The molecule has 1 aromatic carbocycles. The topological polar surface area (TPSA) is 129 Å². The van der Waals surface area contributed by atoms with Crippen LogP contribution in [0.25, 0.3) is 11.6 Å². The molecular weight excluding hydrogens is 456 g/mol. The number of carbonyl (C=O) groups excluding carboxylic acids is 2. The van der Waals surface area contributed by atoms with Crippen molar-refractivity contribution < 1.29 is 18.7 Å². The minimum atomic E-state index is -0.433. The zero-order valence-corrected chi connectivity index (χ0v) is 20.0. The molecule has 2 amide bonds. The van der Waals surface area contributed by atoms with E-state index in [0.717, 1.165) is 24.5 Å². The summed E-state index contributed by atoms with van der Waals surface area (Å²) in [6.45, 7) is 6.11. The van der Waals surface area contributed by atoms with Gasteiger partial charge in [0, 0.05) is 37.4 Å². The van der Waals surface area contributed by atoms with E-state index in [1.54, 1.807) is 16.7 Å². The van der Waals surface area contributed by atoms with E-state index in [9.17, 15) is 9.59 Å². The van der Waals surface area contributed by atoms with E-state index in [-0.39, 0.29) is 30.3 Å². The fourth-order valence-corrected chi connectivity index (χ4v) is 4.64. The molecule has 2 atom stereocenters. The monoisotopic (exact) mass is 484 g/mol. The number of rotatable bonds is 9. The smallest absolute Gasteiger partial charge is 0.234 e. The average molecular weight is 485 g/mol. The predicted octanol–water partition coefficient (Wildman–Crippen LogP) is 2.76. The Hall–Kier alpha value is -3.31. The molecule has 0 aliphatic carbocycles. The van der Waals surface area contributed by atoms with Gasteiger partial charge in [-0.1, -0.05) is 11.8 Å². The number of primary amides is 1. The highest BCUT2D eigenvalue weighted by molar-refractivity contribution is 7.99. The number of nitrogens with zero attached hydrogens (tertiary/aromatic N) is 4. The molecule has 1 aliphatic heterocycles. The Morgan fingerprint density at radius 2 is 1.88 bits per heavy atom. The van der Waals surface area contributed by atoms with Gasteiger partial charge in [-0.2, -0.15) is 0 Å². The largest absolute Gasteiger partial charge is 0.461 e. The van der Waals surface area contributed by atoms with Gasteiger partial charge in [-0.3, -0.25) is 14.2 Å². The zero-order valence-electron chi connectivity index (χ0n) is 19.1. The van der Waals surface area contributed by atoms with E-state index in [4.69, 9.17) is 14.9 Å². The maximum absolute atomic E-state index is 12.6. The molecular formula is C23H28N6O4S. The minimum Gasteiger partial charge on any atom is -0.461 e. The number of nitrogens with one attached hydrogen (secondary N) is 1. The van der Waals surface area contributed by atoms with Crippen molar-refractivity contribution in [3.63, 3.8) is 0 Å². The summed E-state index contributed by atoms with van der Waals surface area (Å²) in [6, 6.07) is 11.3. The maximum atomic E-state index is 12.6. The molecule has 0 bridgehead atoms. The SMILES string of the molecule is CC1CN(c2ccc(NC(=O)CSc3nnc(-c4ccco4)n3CCC(N)=O)cc2)CC(C)O1. The van der Waals surface area contributed by atoms with Gasteiger partial charge in [-0.05, 0) is 50.2 Å². The van der Waals surface area contributed by atoms with E-state index < -0.39 is 5.91 Å². The summed E-state index contributed by atoms with van der Waals surface area (Å²) in [7, 11) is 0. The van der Waals surface area contributed by atoms with Gasteiger partial charge in [0.1, 0.15) is 0 Å². The van der Waals surface area contributed by atoms with Crippen LogP contribution < -0.4 is 16.0 Å². The summed E-state index contributed by atoms with van der Waals surface area (Å²) < 4.78 is 12.9. The molecule has 180 valence electrons. The van der Waals surface area contributed by atoms with Crippen molar-refractivity contribution in [2.45, 2.75) is 44.2 Å². The van der Waals surface area contributed by atoms with Gasteiger partial charge >= 0.3 is 0 Å². The van der Waals surface area contributed by atoms with Gasteiger partial charge in [-0.15, -0.1) is 10.2 Å². The van der Waals surface area contributed by atoms with Crippen LogP contribution >= 0.6 is 11.8 Å². The molecule has 1 saturated heterocycles. The molecule has 0 radical (unpaired) electrons. The van der Waals surface area contributed by atoms with E-state index in [1.165, 1.54) is 18.0 Å². The Labute approximate surface area is 201 Å². The molecule has 3 N–H and O–H groups in total. The normalized spacial score (nSPS) is 18.1. The summed E-state index contributed by atoms with van der Waals surface area (Å²) in [5.74, 6) is 0.536. The number of amides is 2. The lowest BCUT2D eigenvalue weighted by Crippen LogP contribution is -2.45. The van der Waals surface area contributed by atoms with E-state index in [1.807, 2.05) is 24.3 Å². The van der Waals surface area contributed by atoms with Gasteiger partial charge in [-0.25, -0.2) is 0 Å². The molecule has 2 unspecified atom stereocenters. The Morgan fingerprint density at radius 3 is 2.53 bits per heavy atom. The van der Waals surface area contributed by atoms with Gasteiger partial charge < -0.3 is 25.1 Å². The number of carbonyl (C=O) groups is 2. The Kier molecular flexibility index (Phi) is 7.53. The minimum absolute atomic E-state index is 0.124. The lowest BCUT2D eigenvalue weighted by Gasteiger charge is -2.36. The van der Waals surface area contributed by atoms with Crippen LogP contribution in [0.3, 0.4) is 0 Å². The Morgan fingerprint density at radius 1 is 1.15 bits per heavy atom.